The van der Waals surface area contributed by atoms with Crippen LogP contribution in [0.2, 0.25) is 5.02 Å². The van der Waals surface area contributed by atoms with Crippen molar-refractivity contribution in [3.05, 3.63) is 63.1 Å². The first-order valence-corrected chi connectivity index (χ1v) is 9.65. The topological polar surface area (TPSA) is 78.5 Å². The van der Waals surface area contributed by atoms with Crippen LogP contribution in [0.15, 0.2) is 46.9 Å². The highest BCUT2D eigenvalue weighted by atomic mass is 79.9. The average molecular weight is 505 g/mol. The minimum Gasteiger partial charge on any atom is -0.323 e. The molecule has 2 N–H and O–H groups in total. The van der Waals surface area contributed by atoms with Crippen molar-refractivity contribution in [1.82, 2.24) is 10.2 Å². The first-order valence-electron chi connectivity index (χ1n) is 8.48. The number of hydrogen-bond acceptors (Lipinski definition) is 3. The lowest BCUT2D eigenvalue weighted by atomic mass is 9.92. The molecular formula is C19H14BrClF3N3O3. The Morgan fingerprint density at radius 2 is 1.93 bits per heavy atom. The third-order valence-corrected chi connectivity index (χ3v) is 5.37. The summed E-state index contributed by atoms with van der Waals surface area (Å²) in [6.45, 7) is 0.803. The third kappa shape index (κ3) is 4.29. The molecule has 4 amide bonds. The van der Waals surface area contributed by atoms with Gasteiger partial charge in [-0.2, -0.15) is 13.2 Å². The number of hydrogen-bond donors (Lipinski definition) is 2. The number of alkyl halides is 3. The Bertz CT molecular complexity index is 1050. The van der Waals surface area contributed by atoms with E-state index in [1.807, 2.05) is 0 Å². The highest BCUT2D eigenvalue weighted by molar-refractivity contribution is 9.10. The molecule has 1 atom stereocenters. The predicted molar refractivity (Wildman–Crippen MR) is 107 cm³/mol. The summed E-state index contributed by atoms with van der Waals surface area (Å²) in [7, 11) is 0. The van der Waals surface area contributed by atoms with Gasteiger partial charge >= 0.3 is 12.2 Å². The van der Waals surface area contributed by atoms with Gasteiger partial charge in [0.25, 0.3) is 5.91 Å². The second-order valence-corrected chi connectivity index (χ2v) is 8.02. The van der Waals surface area contributed by atoms with Crippen molar-refractivity contribution < 1.29 is 27.6 Å². The smallest absolute Gasteiger partial charge is 0.323 e. The molecule has 0 aliphatic carbocycles. The fourth-order valence-corrected chi connectivity index (χ4v) is 3.53. The van der Waals surface area contributed by atoms with Crippen molar-refractivity contribution in [3.63, 3.8) is 0 Å². The molecule has 11 heteroatoms. The Labute approximate surface area is 182 Å². The number of urea groups is 1. The maximum absolute atomic E-state index is 12.9. The number of amides is 4. The van der Waals surface area contributed by atoms with E-state index in [0.717, 1.165) is 12.1 Å². The Hall–Kier alpha value is -2.59. The maximum Gasteiger partial charge on any atom is 0.416 e. The molecule has 1 fully saturated rings. The van der Waals surface area contributed by atoms with Gasteiger partial charge in [0, 0.05) is 4.47 Å². The molecule has 2 aromatic carbocycles. The van der Waals surface area contributed by atoms with E-state index in [0.29, 0.717) is 21.0 Å². The van der Waals surface area contributed by atoms with E-state index in [1.54, 1.807) is 24.3 Å². The number of carbonyl (C=O) groups excluding carboxylic acids is 3. The molecule has 0 bridgehead atoms. The predicted octanol–water partition coefficient (Wildman–Crippen LogP) is 4.53. The summed E-state index contributed by atoms with van der Waals surface area (Å²) in [5.74, 6) is -1.55. The number of nitrogens with one attached hydrogen (secondary N) is 2. The lowest BCUT2D eigenvalue weighted by molar-refractivity contribution is -0.137. The molecule has 0 radical (unpaired) electrons. The highest BCUT2D eigenvalue weighted by Gasteiger charge is 2.49. The molecule has 0 aromatic heterocycles. The van der Waals surface area contributed by atoms with Gasteiger partial charge in [0.15, 0.2) is 0 Å². The first-order chi connectivity index (χ1) is 13.9. The number of carbonyl (C=O) groups is 3. The fourth-order valence-electron chi connectivity index (χ4n) is 2.97. The van der Waals surface area contributed by atoms with E-state index in [-0.39, 0.29) is 10.7 Å². The van der Waals surface area contributed by atoms with Crippen molar-refractivity contribution in [2.24, 2.45) is 0 Å². The average Bonchev–Trinajstić information content (AvgIpc) is 2.87. The van der Waals surface area contributed by atoms with Crippen molar-refractivity contribution in [1.29, 1.82) is 0 Å². The highest BCUT2D eigenvalue weighted by Crippen LogP contribution is 2.34. The van der Waals surface area contributed by atoms with E-state index in [4.69, 9.17) is 11.6 Å². The van der Waals surface area contributed by atoms with Gasteiger partial charge < -0.3 is 10.6 Å². The van der Waals surface area contributed by atoms with Gasteiger partial charge in [-0.15, -0.1) is 0 Å². The summed E-state index contributed by atoms with van der Waals surface area (Å²) in [6.07, 6.45) is -4.62. The van der Waals surface area contributed by atoms with Gasteiger partial charge in [-0.3, -0.25) is 14.5 Å². The summed E-state index contributed by atoms with van der Waals surface area (Å²) >= 11 is 9.15. The van der Waals surface area contributed by atoms with E-state index in [2.05, 4.69) is 26.6 Å². The van der Waals surface area contributed by atoms with Gasteiger partial charge in [0.05, 0.1) is 16.3 Å². The first kappa shape index (κ1) is 22.1. The second kappa shape index (κ2) is 7.92. The molecule has 2 aromatic rings. The van der Waals surface area contributed by atoms with Gasteiger partial charge in [-0.05, 0) is 42.8 Å². The molecule has 0 unspecified atom stereocenters. The molecule has 1 aliphatic rings. The van der Waals surface area contributed by atoms with Gasteiger partial charge in [-0.1, -0.05) is 39.7 Å². The maximum atomic E-state index is 12.9. The summed E-state index contributed by atoms with van der Waals surface area (Å²) in [5, 5.41) is 4.64. The van der Waals surface area contributed by atoms with Crippen LogP contribution < -0.4 is 10.6 Å². The summed E-state index contributed by atoms with van der Waals surface area (Å²) in [6, 6.07) is 8.40. The fraction of sp³-hybridized carbons (Fsp3) is 0.211. The van der Waals surface area contributed by atoms with Gasteiger partial charge in [0.1, 0.15) is 12.1 Å². The Morgan fingerprint density at radius 3 is 2.57 bits per heavy atom. The molecule has 3 rings (SSSR count). The zero-order valence-electron chi connectivity index (χ0n) is 15.3. The monoisotopic (exact) mass is 503 g/mol. The number of benzene rings is 2. The number of nitrogens with zero attached hydrogens (tertiary/aromatic N) is 1. The van der Waals surface area contributed by atoms with Crippen LogP contribution in [0.25, 0.3) is 0 Å². The van der Waals surface area contributed by atoms with Crippen LogP contribution in [0.5, 0.6) is 0 Å². The molecule has 158 valence electrons. The van der Waals surface area contributed by atoms with Crippen LogP contribution in [0.3, 0.4) is 0 Å². The largest absolute Gasteiger partial charge is 0.416 e. The van der Waals surface area contributed by atoms with Crippen molar-refractivity contribution in [2.45, 2.75) is 18.6 Å². The normalized spacial score (nSPS) is 19.1. The van der Waals surface area contributed by atoms with Crippen LogP contribution in [-0.4, -0.2) is 29.3 Å². The Balaban J connectivity index is 1.78. The van der Waals surface area contributed by atoms with Crippen LogP contribution in [0.4, 0.5) is 23.7 Å². The number of halogens is 5. The van der Waals surface area contributed by atoms with Crippen LogP contribution in [0.1, 0.15) is 18.1 Å². The van der Waals surface area contributed by atoms with Crippen LogP contribution in [0, 0.1) is 0 Å². The molecule has 0 saturated carbocycles. The SMILES string of the molecule is C[C@]1(c2cccc(Br)c2)NC(=O)N(CC(=O)Nc2cc(C(F)(F)F)ccc2Cl)C1=O. The third-order valence-electron chi connectivity index (χ3n) is 4.55. The van der Waals surface area contributed by atoms with E-state index in [9.17, 15) is 27.6 Å². The zero-order chi connectivity index (χ0) is 22.3. The van der Waals surface area contributed by atoms with Crippen LogP contribution in [-0.2, 0) is 21.3 Å². The minimum absolute atomic E-state index is 0.118. The number of rotatable bonds is 4. The number of anilines is 1. The second-order valence-electron chi connectivity index (χ2n) is 6.70. The van der Waals surface area contributed by atoms with Crippen molar-refractivity contribution in [3.8, 4) is 0 Å². The molecule has 6 nitrogen and oxygen atoms in total. The van der Waals surface area contributed by atoms with Crippen molar-refractivity contribution in [2.75, 3.05) is 11.9 Å². The van der Waals surface area contributed by atoms with E-state index >= 15 is 0 Å². The molecule has 1 saturated heterocycles. The van der Waals surface area contributed by atoms with E-state index in [1.165, 1.54) is 6.92 Å². The van der Waals surface area contributed by atoms with Crippen LogP contribution >= 0.6 is 27.5 Å². The Kier molecular flexibility index (Phi) is 5.83. The molecule has 30 heavy (non-hydrogen) atoms. The van der Waals surface area contributed by atoms with Gasteiger partial charge in [0.2, 0.25) is 5.91 Å². The minimum atomic E-state index is -4.62. The Morgan fingerprint density at radius 1 is 1.23 bits per heavy atom. The summed E-state index contributed by atoms with van der Waals surface area (Å²) < 4.78 is 39.3. The summed E-state index contributed by atoms with van der Waals surface area (Å²) in [5.41, 5.74) is -2.17. The number of imide groups is 1. The quantitative estimate of drug-likeness (QED) is 0.601. The molecule has 1 aliphatic heterocycles. The molecule has 0 spiro atoms. The standard InChI is InChI=1S/C19H14BrClF3N3O3/c1-18(10-3-2-4-12(20)7-10)16(29)27(17(30)26-18)9-15(28)25-14-8-11(19(22,23)24)5-6-13(14)21/h2-8H,9H2,1H3,(H,25,28)(H,26,30)/t18-/m1/s1. The molecule has 1 heterocycles. The van der Waals surface area contributed by atoms with Crippen molar-refractivity contribution >= 4 is 51.1 Å². The molecular weight excluding hydrogens is 491 g/mol. The summed E-state index contributed by atoms with van der Waals surface area (Å²) in [4.78, 5) is 38.2. The van der Waals surface area contributed by atoms with E-state index < -0.39 is 41.7 Å². The lowest BCUT2D eigenvalue weighted by Gasteiger charge is -2.22. The lowest BCUT2D eigenvalue weighted by Crippen LogP contribution is -2.42. The van der Waals surface area contributed by atoms with Gasteiger partial charge in [-0.25, -0.2) is 4.79 Å². The zero-order valence-corrected chi connectivity index (χ0v) is 17.7.